The van der Waals surface area contributed by atoms with E-state index in [1.54, 1.807) is 0 Å². The lowest BCUT2D eigenvalue weighted by molar-refractivity contribution is -0.109. The maximum absolute atomic E-state index is 13.0. The van der Waals surface area contributed by atoms with E-state index in [2.05, 4.69) is 48.3 Å². The Kier molecular flexibility index (Phi) is 10.3. The highest BCUT2D eigenvalue weighted by Crippen LogP contribution is 2.21. The highest BCUT2D eigenvalue weighted by Gasteiger charge is 2.33. The van der Waals surface area contributed by atoms with Crippen LogP contribution in [0.15, 0.2) is 72.8 Å². The summed E-state index contributed by atoms with van der Waals surface area (Å²) in [5.41, 5.74) is 2.21. The third kappa shape index (κ3) is 7.63. The Morgan fingerprint density at radius 1 is 1.05 bits per heavy atom. The zero-order valence-corrected chi connectivity index (χ0v) is 22.3. The van der Waals surface area contributed by atoms with E-state index in [-0.39, 0.29) is 24.6 Å². The van der Waals surface area contributed by atoms with Crippen LogP contribution >= 0.6 is 0 Å². The van der Waals surface area contributed by atoms with Crippen LogP contribution in [0.5, 0.6) is 0 Å². The van der Waals surface area contributed by atoms with Crippen LogP contribution in [0.25, 0.3) is 10.8 Å². The van der Waals surface area contributed by atoms with E-state index in [9.17, 15) is 9.59 Å². The van der Waals surface area contributed by atoms with Gasteiger partial charge in [0.1, 0.15) is 12.4 Å². The molecular formula is C31H38N2O5. The van der Waals surface area contributed by atoms with Crippen LogP contribution < -0.4 is 5.32 Å². The van der Waals surface area contributed by atoms with Crippen LogP contribution in [0, 0.1) is 5.92 Å². The summed E-state index contributed by atoms with van der Waals surface area (Å²) < 4.78 is 17.3. The number of carbonyl (C=O) groups is 2. The molecule has 0 aliphatic carbocycles. The summed E-state index contributed by atoms with van der Waals surface area (Å²) in [6.07, 6.45) is 0.514. The van der Waals surface area contributed by atoms with E-state index in [1.165, 1.54) is 10.8 Å². The van der Waals surface area contributed by atoms with Crippen molar-refractivity contribution < 1.29 is 23.8 Å². The average molecular weight is 519 g/mol. The lowest BCUT2D eigenvalue weighted by Crippen LogP contribution is -2.49. The topological polar surface area (TPSA) is 77.1 Å². The third-order valence-electron chi connectivity index (χ3n) is 7.24. The first kappa shape index (κ1) is 27.8. The molecule has 3 aromatic rings. The summed E-state index contributed by atoms with van der Waals surface area (Å²) in [7, 11) is 0. The highest BCUT2D eigenvalue weighted by atomic mass is 16.6. The monoisotopic (exact) mass is 518 g/mol. The van der Waals surface area contributed by atoms with Crippen molar-refractivity contribution in [1.29, 1.82) is 0 Å². The fourth-order valence-electron chi connectivity index (χ4n) is 4.79. The second-order valence-corrected chi connectivity index (χ2v) is 9.95. The second-order valence-electron chi connectivity index (χ2n) is 9.95. The van der Waals surface area contributed by atoms with Crippen LogP contribution in [-0.2, 0) is 32.2 Å². The number of nitrogens with one attached hydrogen (secondary N) is 1. The second kappa shape index (κ2) is 14.0. The minimum Gasteiger partial charge on any atom is -0.441 e. The Morgan fingerprint density at radius 3 is 2.58 bits per heavy atom. The largest absolute Gasteiger partial charge is 0.441 e. The van der Waals surface area contributed by atoms with Gasteiger partial charge < -0.3 is 24.3 Å². The van der Waals surface area contributed by atoms with Crippen LogP contribution in [0.2, 0.25) is 0 Å². The summed E-state index contributed by atoms with van der Waals surface area (Å²) in [6, 6.07) is 24.2. The molecule has 4 atom stereocenters. The van der Waals surface area contributed by atoms with Gasteiger partial charge in [-0.25, -0.2) is 4.79 Å². The molecule has 1 aliphatic heterocycles. The number of aldehydes is 1. The SMILES string of the molecule is CC[C@H](C)[C@@H](CN(CC=O)Cc1cccc2ccccc12)NC(=O)O[C@H]1COC[C@H]1OCc1ccccc1. The minimum absolute atomic E-state index is 0.187. The predicted octanol–water partition coefficient (Wildman–Crippen LogP) is 4.97. The van der Waals surface area contributed by atoms with E-state index < -0.39 is 12.2 Å². The van der Waals surface area contributed by atoms with Crippen molar-refractivity contribution in [2.24, 2.45) is 5.92 Å². The predicted molar refractivity (Wildman–Crippen MR) is 148 cm³/mol. The van der Waals surface area contributed by atoms with Gasteiger partial charge in [0.05, 0.1) is 26.4 Å². The van der Waals surface area contributed by atoms with E-state index in [0.29, 0.717) is 32.9 Å². The first-order chi connectivity index (χ1) is 18.6. The van der Waals surface area contributed by atoms with Gasteiger partial charge in [-0.05, 0) is 27.8 Å². The van der Waals surface area contributed by atoms with Crippen LogP contribution in [0.4, 0.5) is 4.79 Å². The summed E-state index contributed by atoms with van der Waals surface area (Å²) >= 11 is 0. The van der Waals surface area contributed by atoms with Crippen LogP contribution in [0.3, 0.4) is 0 Å². The average Bonchev–Trinajstić information content (AvgIpc) is 3.38. The molecule has 0 radical (unpaired) electrons. The molecule has 4 rings (SSSR count). The van der Waals surface area contributed by atoms with Gasteiger partial charge in [-0.2, -0.15) is 0 Å². The minimum atomic E-state index is -0.490. The standard InChI is InChI=1S/C31H38N2O5/c1-3-23(2)28(19-33(16-17-34)18-26-14-9-13-25-12-7-8-15-27(25)26)32-31(35)38-30-22-36-21-29(30)37-20-24-10-5-4-6-11-24/h4-15,17,23,28-30H,3,16,18-22H2,1-2H3,(H,32,35)/t23-,28+,29+,30-/m0/s1. The van der Waals surface area contributed by atoms with Crippen molar-refractivity contribution >= 4 is 23.2 Å². The summed E-state index contributed by atoms with van der Waals surface area (Å²) in [6.45, 7) is 6.73. The normalized spacial score (nSPS) is 18.8. The number of fused-ring (bicyclic) bond motifs is 1. The Morgan fingerprint density at radius 2 is 1.79 bits per heavy atom. The van der Waals surface area contributed by atoms with Gasteiger partial charge >= 0.3 is 6.09 Å². The maximum atomic E-state index is 13.0. The fraction of sp³-hybridized carbons (Fsp3) is 0.419. The quantitative estimate of drug-likeness (QED) is 0.322. The highest BCUT2D eigenvalue weighted by molar-refractivity contribution is 5.85. The van der Waals surface area contributed by atoms with Crippen LogP contribution in [0.1, 0.15) is 31.4 Å². The first-order valence-electron chi connectivity index (χ1n) is 13.4. The smallest absolute Gasteiger partial charge is 0.407 e. The van der Waals surface area contributed by atoms with E-state index >= 15 is 0 Å². The van der Waals surface area contributed by atoms with Gasteiger partial charge in [-0.15, -0.1) is 0 Å². The molecular weight excluding hydrogens is 480 g/mol. The number of nitrogens with zero attached hydrogens (tertiary/aromatic N) is 1. The molecule has 0 spiro atoms. The summed E-state index contributed by atoms with van der Waals surface area (Å²) in [5.74, 6) is 0.189. The van der Waals surface area contributed by atoms with E-state index in [4.69, 9.17) is 14.2 Å². The van der Waals surface area contributed by atoms with Crippen molar-refractivity contribution in [3.63, 3.8) is 0 Å². The molecule has 1 N–H and O–H groups in total. The molecule has 1 fully saturated rings. The van der Waals surface area contributed by atoms with Gasteiger partial charge in [0.25, 0.3) is 0 Å². The lowest BCUT2D eigenvalue weighted by atomic mass is 9.98. The van der Waals surface area contributed by atoms with Gasteiger partial charge in [0.2, 0.25) is 0 Å². The van der Waals surface area contributed by atoms with E-state index in [1.807, 2.05) is 48.5 Å². The summed E-state index contributed by atoms with van der Waals surface area (Å²) in [4.78, 5) is 26.6. The number of hydrogen-bond donors (Lipinski definition) is 1. The van der Waals surface area contributed by atoms with Crippen LogP contribution in [-0.4, -0.2) is 61.8 Å². The molecule has 1 saturated heterocycles. The molecule has 1 heterocycles. The zero-order chi connectivity index (χ0) is 26.7. The molecule has 7 heteroatoms. The van der Waals surface area contributed by atoms with Crippen molar-refractivity contribution in [3.8, 4) is 0 Å². The van der Waals surface area contributed by atoms with Gasteiger partial charge in [0, 0.05) is 19.1 Å². The Hall–Kier alpha value is -3.26. The Bertz CT molecular complexity index is 1170. The number of alkyl carbamates (subject to hydrolysis) is 1. The molecule has 3 aromatic carbocycles. The molecule has 0 aromatic heterocycles. The van der Waals surface area contributed by atoms with Crippen molar-refractivity contribution in [3.05, 3.63) is 83.9 Å². The lowest BCUT2D eigenvalue weighted by Gasteiger charge is -2.31. The number of hydrogen-bond acceptors (Lipinski definition) is 6. The van der Waals surface area contributed by atoms with E-state index in [0.717, 1.165) is 23.8 Å². The molecule has 202 valence electrons. The number of rotatable bonds is 13. The molecule has 0 saturated carbocycles. The zero-order valence-electron chi connectivity index (χ0n) is 22.3. The number of ether oxygens (including phenoxy) is 3. The Balaban J connectivity index is 1.37. The molecule has 0 unspecified atom stereocenters. The number of carbonyl (C=O) groups excluding carboxylic acids is 2. The fourth-order valence-corrected chi connectivity index (χ4v) is 4.79. The number of benzene rings is 3. The van der Waals surface area contributed by atoms with Gasteiger partial charge in [-0.1, -0.05) is 93.1 Å². The third-order valence-corrected chi connectivity index (χ3v) is 7.24. The first-order valence-corrected chi connectivity index (χ1v) is 13.4. The van der Waals surface area contributed by atoms with Gasteiger partial charge in [0.15, 0.2) is 6.10 Å². The molecule has 1 aliphatic rings. The molecule has 0 bridgehead atoms. The molecule has 1 amide bonds. The molecule has 38 heavy (non-hydrogen) atoms. The van der Waals surface area contributed by atoms with Crippen molar-refractivity contribution in [2.45, 2.75) is 51.7 Å². The molecule has 7 nitrogen and oxygen atoms in total. The Labute approximate surface area is 225 Å². The number of amides is 1. The van der Waals surface area contributed by atoms with Crippen molar-refractivity contribution in [1.82, 2.24) is 10.2 Å². The van der Waals surface area contributed by atoms with Gasteiger partial charge in [-0.3, -0.25) is 4.90 Å². The van der Waals surface area contributed by atoms with Crippen molar-refractivity contribution in [2.75, 3.05) is 26.3 Å². The summed E-state index contributed by atoms with van der Waals surface area (Å²) in [5, 5.41) is 5.40. The maximum Gasteiger partial charge on any atom is 0.407 e.